The molecule has 3 fully saturated rings. The highest BCUT2D eigenvalue weighted by Crippen LogP contribution is 2.29. The van der Waals surface area contributed by atoms with Gasteiger partial charge in [0, 0.05) is 19.2 Å². The molecule has 0 spiro atoms. The number of likely N-dealkylation sites (tertiary alicyclic amines) is 1. The van der Waals surface area contributed by atoms with Gasteiger partial charge in [-0.05, 0) is 45.1 Å². The van der Waals surface area contributed by atoms with Gasteiger partial charge in [-0.25, -0.2) is 0 Å². The number of aliphatic hydroxyl groups excluding tert-OH is 1. The lowest BCUT2D eigenvalue weighted by molar-refractivity contribution is -0.150. The predicted octanol–water partition coefficient (Wildman–Crippen LogP) is 1.39. The maximum Gasteiger partial charge on any atom is 0.237 e. The number of carbonyl (C=O) groups excluding carboxylic acids is 1. The number of rotatable bonds is 5. The summed E-state index contributed by atoms with van der Waals surface area (Å²) < 4.78 is 5.87. The van der Waals surface area contributed by atoms with E-state index >= 15 is 0 Å². The van der Waals surface area contributed by atoms with E-state index in [1.165, 1.54) is 25.7 Å². The van der Waals surface area contributed by atoms with Gasteiger partial charge in [-0.3, -0.25) is 9.69 Å². The van der Waals surface area contributed by atoms with Crippen LogP contribution in [0.1, 0.15) is 51.4 Å². The van der Waals surface area contributed by atoms with Gasteiger partial charge in [-0.15, -0.1) is 0 Å². The summed E-state index contributed by atoms with van der Waals surface area (Å²) in [6, 6.07) is 0.799. The van der Waals surface area contributed by atoms with E-state index in [1.807, 2.05) is 0 Å². The molecule has 0 aromatic carbocycles. The molecule has 2 aliphatic heterocycles. The molecule has 1 saturated carbocycles. The van der Waals surface area contributed by atoms with E-state index in [0.29, 0.717) is 25.2 Å². The molecular formula is C17H30N2O3. The lowest BCUT2D eigenvalue weighted by Gasteiger charge is -2.44. The molecule has 126 valence electrons. The molecule has 0 bridgehead atoms. The van der Waals surface area contributed by atoms with Crippen LogP contribution in [0.2, 0.25) is 0 Å². The smallest absolute Gasteiger partial charge is 0.237 e. The average molecular weight is 310 g/mol. The minimum Gasteiger partial charge on any atom is -0.396 e. The number of fused-ring (bicyclic) bond motifs is 1. The number of ether oxygens (including phenoxy) is 1. The van der Waals surface area contributed by atoms with Gasteiger partial charge >= 0.3 is 0 Å². The minimum atomic E-state index is 0.255. The summed E-state index contributed by atoms with van der Waals surface area (Å²) in [7, 11) is 0. The van der Waals surface area contributed by atoms with Crippen molar-refractivity contribution < 1.29 is 14.6 Å². The molecule has 3 rings (SSSR count). The topological polar surface area (TPSA) is 53.0 Å². The maximum atomic E-state index is 12.8. The van der Waals surface area contributed by atoms with Crippen molar-refractivity contribution in [2.45, 2.75) is 69.6 Å². The van der Waals surface area contributed by atoms with Crippen molar-refractivity contribution >= 4 is 5.91 Å². The number of nitrogens with zero attached hydrogens (tertiary/aromatic N) is 2. The maximum absolute atomic E-state index is 12.8. The zero-order valence-electron chi connectivity index (χ0n) is 13.6. The van der Waals surface area contributed by atoms with Gasteiger partial charge in [-0.2, -0.15) is 0 Å². The van der Waals surface area contributed by atoms with E-state index in [-0.39, 0.29) is 18.6 Å². The molecule has 0 aromatic rings. The van der Waals surface area contributed by atoms with Crippen molar-refractivity contribution in [1.82, 2.24) is 9.80 Å². The number of aliphatic hydroxyl groups is 1. The zero-order chi connectivity index (χ0) is 15.4. The first-order valence-electron chi connectivity index (χ1n) is 9.05. The summed E-state index contributed by atoms with van der Waals surface area (Å²) in [5, 5.41) is 9.02. The molecular weight excluding hydrogens is 280 g/mol. The molecule has 0 radical (unpaired) electrons. The fourth-order valence-corrected chi connectivity index (χ4v) is 4.43. The van der Waals surface area contributed by atoms with E-state index in [9.17, 15) is 4.79 Å². The Morgan fingerprint density at radius 3 is 2.86 bits per heavy atom. The van der Waals surface area contributed by atoms with Crippen LogP contribution in [-0.4, -0.2) is 71.8 Å². The molecule has 22 heavy (non-hydrogen) atoms. The predicted molar refractivity (Wildman–Crippen MR) is 84.6 cm³/mol. The Hall–Kier alpha value is -0.650. The van der Waals surface area contributed by atoms with Gasteiger partial charge in [0.2, 0.25) is 5.91 Å². The number of carbonyl (C=O) groups is 1. The fraction of sp³-hybridized carbons (Fsp3) is 0.941. The Balaban J connectivity index is 1.56. The number of morpholine rings is 1. The van der Waals surface area contributed by atoms with Gasteiger partial charge < -0.3 is 14.7 Å². The van der Waals surface area contributed by atoms with Gasteiger partial charge in [0.1, 0.15) is 0 Å². The average Bonchev–Trinajstić information content (AvgIpc) is 2.99. The Morgan fingerprint density at radius 2 is 2.00 bits per heavy atom. The SMILES string of the molecule is O=C(CN1CCCC1CCCO)N1CCOC2CCCCC21. The third-order valence-corrected chi connectivity index (χ3v) is 5.59. The molecule has 3 unspecified atom stereocenters. The molecule has 5 heteroatoms. The normalized spacial score (nSPS) is 33.0. The molecule has 1 amide bonds. The second-order valence-electron chi connectivity index (χ2n) is 6.98. The van der Waals surface area contributed by atoms with Crippen molar-refractivity contribution in [1.29, 1.82) is 0 Å². The minimum absolute atomic E-state index is 0.255. The summed E-state index contributed by atoms with van der Waals surface area (Å²) in [5.41, 5.74) is 0. The Labute approximate surface area is 133 Å². The molecule has 3 aliphatic rings. The largest absolute Gasteiger partial charge is 0.396 e. The van der Waals surface area contributed by atoms with Crippen LogP contribution in [0.3, 0.4) is 0 Å². The van der Waals surface area contributed by atoms with E-state index < -0.39 is 0 Å². The molecule has 1 N–H and O–H groups in total. The zero-order valence-corrected chi connectivity index (χ0v) is 13.6. The molecule has 2 saturated heterocycles. The van der Waals surface area contributed by atoms with Gasteiger partial charge in [-0.1, -0.05) is 12.8 Å². The lowest BCUT2D eigenvalue weighted by atomic mass is 9.90. The monoisotopic (exact) mass is 310 g/mol. The molecule has 3 atom stereocenters. The standard InChI is InChI=1S/C17H30N2O3/c20-11-4-6-14-5-3-9-18(14)13-17(21)19-10-12-22-16-8-2-1-7-15(16)19/h14-16,20H,1-13H2. The van der Waals surface area contributed by atoms with Crippen LogP contribution in [0, 0.1) is 0 Å². The molecule has 0 aromatic heterocycles. The first-order valence-corrected chi connectivity index (χ1v) is 9.05. The summed E-state index contributed by atoms with van der Waals surface area (Å²) in [6.07, 6.45) is 9.14. The Morgan fingerprint density at radius 1 is 1.14 bits per heavy atom. The first kappa shape index (κ1) is 16.2. The van der Waals surface area contributed by atoms with Crippen molar-refractivity contribution in [3.63, 3.8) is 0 Å². The van der Waals surface area contributed by atoms with E-state index in [4.69, 9.17) is 9.84 Å². The van der Waals surface area contributed by atoms with Crippen LogP contribution < -0.4 is 0 Å². The second-order valence-corrected chi connectivity index (χ2v) is 6.98. The summed E-state index contributed by atoms with van der Waals surface area (Å²) in [4.78, 5) is 17.3. The summed E-state index contributed by atoms with van der Waals surface area (Å²) in [5.74, 6) is 0.288. The molecule has 5 nitrogen and oxygen atoms in total. The van der Waals surface area contributed by atoms with Crippen molar-refractivity contribution in [3.8, 4) is 0 Å². The van der Waals surface area contributed by atoms with E-state index in [2.05, 4.69) is 9.80 Å². The van der Waals surface area contributed by atoms with Gasteiger partial charge in [0.25, 0.3) is 0 Å². The highest BCUT2D eigenvalue weighted by Gasteiger charge is 2.37. The third kappa shape index (κ3) is 3.63. The Bertz CT molecular complexity index is 375. The van der Waals surface area contributed by atoms with Gasteiger partial charge in [0.15, 0.2) is 0 Å². The summed E-state index contributed by atoms with van der Waals surface area (Å²) >= 11 is 0. The van der Waals surface area contributed by atoms with Gasteiger partial charge in [0.05, 0.1) is 25.3 Å². The van der Waals surface area contributed by atoms with Crippen LogP contribution in [-0.2, 0) is 9.53 Å². The second kappa shape index (κ2) is 7.75. The van der Waals surface area contributed by atoms with Crippen LogP contribution in [0.4, 0.5) is 0 Å². The molecule has 1 aliphatic carbocycles. The van der Waals surface area contributed by atoms with Crippen LogP contribution >= 0.6 is 0 Å². The highest BCUT2D eigenvalue weighted by atomic mass is 16.5. The number of hydrogen-bond acceptors (Lipinski definition) is 4. The first-order chi connectivity index (χ1) is 10.8. The number of amides is 1. The molecule has 2 heterocycles. The quantitative estimate of drug-likeness (QED) is 0.834. The highest BCUT2D eigenvalue weighted by molar-refractivity contribution is 5.79. The van der Waals surface area contributed by atoms with Crippen LogP contribution in [0.25, 0.3) is 0 Å². The van der Waals surface area contributed by atoms with Crippen molar-refractivity contribution in [3.05, 3.63) is 0 Å². The lowest BCUT2D eigenvalue weighted by Crippen LogP contribution is -2.57. The van der Waals surface area contributed by atoms with Crippen molar-refractivity contribution in [2.75, 3.05) is 32.8 Å². The Kier molecular flexibility index (Phi) is 5.71. The van der Waals surface area contributed by atoms with Crippen LogP contribution in [0.5, 0.6) is 0 Å². The number of hydrogen-bond donors (Lipinski definition) is 1. The van der Waals surface area contributed by atoms with Crippen LogP contribution in [0.15, 0.2) is 0 Å². The fourth-order valence-electron chi connectivity index (χ4n) is 4.43. The van der Waals surface area contributed by atoms with Crippen molar-refractivity contribution in [2.24, 2.45) is 0 Å². The van der Waals surface area contributed by atoms with E-state index in [0.717, 1.165) is 38.8 Å². The van der Waals surface area contributed by atoms with E-state index in [1.54, 1.807) is 0 Å². The third-order valence-electron chi connectivity index (χ3n) is 5.59. The summed E-state index contributed by atoms with van der Waals surface area (Å²) in [6.45, 7) is 3.29.